The monoisotopic (exact) mass is 441 g/mol. The molecule has 32 heavy (non-hydrogen) atoms. The Kier molecular flexibility index (Phi) is 7.08. The number of nitrogens with one attached hydrogen (secondary N) is 3. The topological polar surface area (TPSA) is 118 Å². The fourth-order valence-electron chi connectivity index (χ4n) is 3.83. The predicted molar refractivity (Wildman–Crippen MR) is 116 cm³/mol. The summed E-state index contributed by atoms with van der Waals surface area (Å²) in [6, 6.07) is 14.0. The Morgan fingerprint density at radius 3 is 2.66 bits per heavy atom. The lowest BCUT2D eigenvalue weighted by Gasteiger charge is -2.35. The van der Waals surface area contributed by atoms with E-state index in [2.05, 4.69) is 16.0 Å². The third kappa shape index (κ3) is 5.68. The van der Waals surface area contributed by atoms with Crippen molar-refractivity contribution in [2.45, 2.75) is 44.1 Å². The van der Waals surface area contributed by atoms with Crippen LogP contribution in [0, 0.1) is 0 Å². The zero-order chi connectivity index (χ0) is 22.3. The average Bonchev–Trinajstić information content (AvgIpc) is 3.27. The van der Waals surface area contributed by atoms with Crippen molar-refractivity contribution in [1.82, 2.24) is 10.6 Å². The van der Waals surface area contributed by atoms with Gasteiger partial charge in [0.15, 0.2) is 11.5 Å². The van der Waals surface area contributed by atoms with E-state index in [4.69, 9.17) is 14.2 Å². The minimum atomic E-state index is -0.585. The molecule has 2 aromatic rings. The molecule has 0 radical (unpaired) electrons. The lowest BCUT2D eigenvalue weighted by atomic mass is 9.97. The van der Waals surface area contributed by atoms with Gasteiger partial charge >= 0.3 is 6.03 Å². The first kappa shape index (κ1) is 21.9. The number of urea groups is 1. The van der Waals surface area contributed by atoms with E-state index in [-0.39, 0.29) is 37.9 Å². The molecule has 0 bridgehead atoms. The van der Waals surface area contributed by atoms with Crippen molar-refractivity contribution in [1.29, 1.82) is 0 Å². The number of aliphatic hydroxyl groups excluding tert-OH is 1. The van der Waals surface area contributed by atoms with Crippen molar-refractivity contribution in [3.05, 3.63) is 54.1 Å². The van der Waals surface area contributed by atoms with Gasteiger partial charge in [-0.2, -0.15) is 0 Å². The summed E-state index contributed by atoms with van der Waals surface area (Å²) >= 11 is 0. The third-order valence-electron chi connectivity index (χ3n) is 5.49. The van der Waals surface area contributed by atoms with Gasteiger partial charge in [-0.05, 0) is 30.5 Å². The van der Waals surface area contributed by atoms with Crippen molar-refractivity contribution < 1.29 is 28.9 Å². The van der Waals surface area contributed by atoms with Gasteiger partial charge in [-0.3, -0.25) is 4.79 Å². The van der Waals surface area contributed by atoms with Crippen LogP contribution in [0.15, 0.2) is 48.5 Å². The number of ether oxygens (including phenoxy) is 3. The molecule has 2 aliphatic rings. The molecule has 2 heterocycles. The molecule has 0 aliphatic carbocycles. The number of carbonyl (C=O) groups excluding carboxylic acids is 2. The maximum atomic E-state index is 12.4. The molecule has 1 saturated heterocycles. The zero-order valence-corrected chi connectivity index (χ0v) is 17.6. The summed E-state index contributed by atoms with van der Waals surface area (Å²) < 4.78 is 16.5. The number of fused-ring (bicyclic) bond motifs is 1. The van der Waals surface area contributed by atoms with Crippen molar-refractivity contribution in [2.24, 2.45) is 0 Å². The molecule has 0 spiro atoms. The van der Waals surface area contributed by atoms with E-state index in [1.165, 1.54) is 0 Å². The van der Waals surface area contributed by atoms with Crippen LogP contribution < -0.4 is 25.4 Å². The first-order valence-corrected chi connectivity index (χ1v) is 10.6. The zero-order valence-electron chi connectivity index (χ0n) is 17.6. The molecule has 170 valence electrons. The molecule has 9 nitrogen and oxygen atoms in total. The Hall–Kier alpha value is -3.30. The van der Waals surface area contributed by atoms with Crippen LogP contribution in [-0.2, 0) is 16.1 Å². The Morgan fingerprint density at radius 2 is 1.84 bits per heavy atom. The number of aliphatic hydroxyl groups is 1. The first-order chi connectivity index (χ1) is 15.6. The fraction of sp³-hybridized carbons (Fsp3) is 0.391. The van der Waals surface area contributed by atoms with E-state index in [0.717, 1.165) is 5.56 Å². The first-order valence-electron chi connectivity index (χ1n) is 10.6. The van der Waals surface area contributed by atoms with Gasteiger partial charge in [-0.1, -0.05) is 30.3 Å². The highest BCUT2D eigenvalue weighted by molar-refractivity contribution is 5.90. The van der Waals surface area contributed by atoms with Crippen LogP contribution >= 0.6 is 0 Å². The van der Waals surface area contributed by atoms with Gasteiger partial charge in [-0.15, -0.1) is 0 Å². The minimum Gasteiger partial charge on any atom is -0.454 e. The molecule has 3 atom stereocenters. The highest BCUT2D eigenvalue weighted by atomic mass is 16.7. The largest absolute Gasteiger partial charge is 0.454 e. The second-order valence-electron chi connectivity index (χ2n) is 7.80. The van der Waals surface area contributed by atoms with Gasteiger partial charge in [0, 0.05) is 18.3 Å². The molecular weight excluding hydrogens is 414 g/mol. The maximum Gasteiger partial charge on any atom is 0.319 e. The van der Waals surface area contributed by atoms with E-state index in [1.54, 1.807) is 18.2 Å². The van der Waals surface area contributed by atoms with Gasteiger partial charge in [-0.25, -0.2) is 4.79 Å². The summed E-state index contributed by atoms with van der Waals surface area (Å²) in [6.07, 6.45) is 0.510. The quantitative estimate of drug-likeness (QED) is 0.523. The average molecular weight is 441 g/mol. The van der Waals surface area contributed by atoms with Crippen molar-refractivity contribution in [3.8, 4) is 11.5 Å². The molecule has 3 amide bonds. The second-order valence-corrected chi connectivity index (χ2v) is 7.80. The number of carbonyl (C=O) groups is 2. The van der Waals surface area contributed by atoms with Crippen LogP contribution in [-0.4, -0.2) is 48.7 Å². The number of hydrogen-bond donors (Lipinski definition) is 4. The molecule has 0 saturated carbocycles. The number of benzene rings is 2. The highest BCUT2D eigenvalue weighted by Gasteiger charge is 2.33. The van der Waals surface area contributed by atoms with Crippen molar-refractivity contribution in [3.63, 3.8) is 0 Å². The maximum absolute atomic E-state index is 12.4. The molecule has 2 aromatic carbocycles. The van der Waals surface area contributed by atoms with Crippen LogP contribution in [0.25, 0.3) is 0 Å². The van der Waals surface area contributed by atoms with Crippen LogP contribution in [0.1, 0.15) is 24.8 Å². The number of anilines is 1. The van der Waals surface area contributed by atoms with Crippen LogP contribution in [0.5, 0.6) is 11.5 Å². The summed E-state index contributed by atoms with van der Waals surface area (Å²) in [5.41, 5.74) is 1.59. The predicted octanol–water partition coefficient (Wildman–Crippen LogP) is 2.15. The summed E-state index contributed by atoms with van der Waals surface area (Å²) in [6.45, 7) is 0.366. The van der Waals surface area contributed by atoms with E-state index < -0.39 is 12.1 Å². The fourth-order valence-corrected chi connectivity index (χ4v) is 3.83. The summed E-state index contributed by atoms with van der Waals surface area (Å²) in [4.78, 5) is 24.7. The van der Waals surface area contributed by atoms with Crippen LogP contribution in [0.4, 0.5) is 10.5 Å². The molecule has 0 unspecified atom stereocenters. The van der Waals surface area contributed by atoms with Crippen LogP contribution in [0.2, 0.25) is 0 Å². The van der Waals surface area contributed by atoms with E-state index >= 15 is 0 Å². The van der Waals surface area contributed by atoms with Crippen molar-refractivity contribution >= 4 is 17.6 Å². The SMILES string of the molecule is O=C(C[C@H]1CC[C@@H](NC(=O)Nc2ccc3c(c2)OCO3)[C@@H](CO)O1)NCc1ccccc1. The van der Waals surface area contributed by atoms with Gasteiger partial charge in [0.25, 0.3) is 0 Å². The Balaban J connectivity index is 1.23. The van der Waals surface area contributed by atoms with E-state index in [1.807, 2.05) is 30.3 Å². The number of rotatable bonds is 7. The van der Waals surface area contributed by atoms with Crippen LogP contribution in [0.3, 0.4) is 0 Å². The molecule has 4 rings (SSSR count). The normalized spacial score (nSPS) is 21.6. The number of amides is 3. The molecule has 0 aromatic heterocycles. The number of hydrogen-bond acceptors (Lipinski definition) is 6. The molecule has 2 aliphatic heterocycles. The Labute approximate surface area is 186 Å². The van der Waals surface area contributed by atoms with E-state index in [9.17, 15) is 14.7 Å². The van der Waals surface area contributed by atoms with Crippen molar-refractivity contribution in [2.75, 3.05) is 18.7 Å². The van der Waals surface area contributed by atoms with Gasteiger partial charge in [0.1, 0.15) is 6.10 Å². The highest BCUT2D eigenvalue weighted by Crippen LogP contribution is 2.34. The third-order valence-corrected chi connectivity index (χ3v) is 5.49. The van der Waals surface area contributed by atoms with Gasteiger partial charge in [0.05, 0.1) is 25.2 Å². The Morgan fingerprint density at radius 1 is 1.03 bits per heavy atom. The second kappa shape index (κ2) is 10.3. The minimum absolute atomic E-state index is 0.109. The smallest absolute Gasteiger partial charge is 0.319 e. The lowest BCUT2D eigenvalue weighted by Crippen LogP contribution is -2.52. The van der Waals surface area contributed by atoms with Gasteiger partial charge in [0.2, 0.25) is 12.7 Å². The summed E-state index contributed by atoms with van der Waals surface area (Å²) in [5.74, 6) is 1.10. The molecular formula is C23H27N3O6. The summed E-state index contributed by atoms with van der Waals surface area (Å²) in [7, 11) is 0. The molecule has 9 heteroatoms. The Bertz CT molecular complexity index is 939. The van der Waals surface area contributed by atoms with E-state index in [0.29, 0.717) is 36.6 Å². The molecule has 4 N–H and O–H groups in total. The standard InChI is InChI=1S/C23H27N3O6/c27-13-21-18(26-23(29)25-16-6-9-19-20(10-16)31-14-30-19)8-7-17(32-21)11-22(28)24-12-15-4-2-1-3-5-15/h1-6,9-10,17-18,21,27H,7-8,11-14H2,(H,24,28)(H2,25,26,29)/t17-,18-,21-/m1/s1. The lowest BCUT2D eigenvalue weighted by molar-refractivity contribution is -0.130. The summed E-state index contributed by atoms with van der Waals surface area (Å²) in [5, 5.41) is 18.2. The van der Waals surface area contributed by atoms with Gasteiger partial charge < -0.3 is 35.3 Å². The molecule has 1 fully saturated rings.